The molecule has 1 atom stereocenters. The van der Waals surface area contributed by atoms with Crippen LogP contribution in [0.3, 0.4) is 0 Å². The first kappa shape index (κ1) is 61.4. The van der Waals surface area contributed by atoms with Crippen LogP contribution in [0.4, 0.5) is 0 Å². The summed E-state index contributed by atoms with van der Waals surface area (Å²) in [7, 11) is 0. The lowest BCUT2D eigenvalue weighted by atomic mass is 10.0. The van der Waals surface area contributed by atoms with Crippen LogP contribution in [0.2, 0.25) is 0 Å². The van der Waals surface area contributed by atoms with Crippen LogP contribution in [-0.2, 0) is 28.6 Å². The minimum atomic E-state index is -0.759. The van der Waals surface area contributed by atoms with E-state index in [0.29, 0.717) is 19.3 Å². The van der Waals surface area contributed by atoms with Crippen LogP contribution in [0.1, 0.15) is 329 Å². The summed E-state index contributed by atoms with van der Waals surface area (Å²) in [6.07, 6.45) is 58.6. The standard InChI is InChI=1S/C57H110O6/c1-4-7-10-13-15-17-19-21-23-25-27-28-29-30-32-33-35-37-39-41-44-47-50-56(59)62-53-54(52-61-55(58)49-46-43-12-9-6-3)63-57(60)51-48-45-42-40-38-36-34-31-26-24-22-20-18-16-14-11-8-5-2/h54H,4-53H2,1-3H3. The molecule has 0 aromatic rings. The predicted molar refractivity (Wildman–Crippen MR) is 270 cm³/mol. The van der Waals surface area contributed by atoms with Gasteiger partial charge in [0.1, 0.15) is 13.2 Å². The maximum Gasteiger partial charge on any atom is 0.306 e. The van der Waals surface area contributed by atoms with Crippen molar-refractivity contribution in [3.05, 3.63) is 0 Å². The van der Waals surface area contributed by atoms with E-state index in [1.54, 1.807) is 0 Å². The second-order valence-corrected chi connectivity index (χ2v) is 19.6. The van der Waals surface area contributed by atoms with Crippen molar-refractivity contribution in [2.45, 2.75) is 335 Å². The number of hydrogen-bond acceptors (Lipinski definition) is 6. The molecule has 0 rings (SSSR count). The molecule has 6 heteroatoms. The molecule has 0 aliphatic rings. The molecule has 0 N–H and O–H groups in total. The average molecular weight is 892 g/mol. The molecule has 0 aromatic carbocycles. The van der Waals surface area contributed by atoms with Crippen LogP contribution in [0.25, 0.3) is 0 Å². The summed E-state index contributed by atoms with van der Waals surface area (Å²) in [5.41, 5.74) is 0. The van der Waals surface area contributed by atoms with E-state index >= 15 is 0 Å². The Labute approximate surface area is 393 Å². The van der Waals surface area contributed by atoms with Crippen LogP contribution < -0.4 is 0 Å². The zero-order chi connectivity index (χ0) is 45.8. The van der Waals surface area contributed by atoms with Crippen molar-refractivity contribution in [3.8, 4) is 0 Å². The first-order valence-corrected chi connectivity index (χ1v) is 28.5. The van der Waals surface area contributed by atoms with Gasteiger partial charge in [-0.2, -0.15) is 0 Å². The molecule has 0 radical (unpaired) electrons. The molecule has 63 heavy (non-hydrogen) atoms. The van der Waals surface area contributed by atoms with Crippen molar-refractivity contribution in [2.75, 3.05) is 13.2 Å². The van der Waals surface area contributed by atoms with Crippen molar-refractivity contribution >= 4 is 17.9 Å². The zero-order valence-corrected chi connectivity index (χ0v) is 42.9. The van der Waals surface area contributed by atoms with E-state index < -0.39 is 6.10 Å². The van der Waals surface area contributed by atoms with Gasteiger partial charge in [0.25, 0.3) is 0 Å². The van der Waals surface area contributed by atoms with Gasteiger partial charge in [0.2, 0.25) is 0 Å². The number of carbonyl (C=O) groups excluding carboxylic acids is 3. The highest BCUT2D eigenvalue weighted by Crippen LogP contribution is 2.18. The van der Waals surface area contributed by atoms with Gasteiger partial charge in [-0.3, -0.25) is 14.4 Å². The van der Waals surface area contributed by atoms with Gasteiger partial charge in [-0.1, -0.05) is 290 Å². The van der Waals surface area contributed by atoms with Crippen molar-refractivity contribution in [2.24, 2.45) is 0 Å². The molecule has 0 saturated carbocycles. The number of ether oxygens (including phenoxy) is 3. The number of rotatable bonds is 53. The maximum atomic E-state index is 12.8. The Balaban J connectivity index is 4.02. The second kappa shape index (κ2) is 53.0. The highest BCUT2D eigenvalue weighted by molar-refractivity contribution is 5.71. The molecule has 0 aliphatic carbocycles. The normalized spacial score (nSPS) is 11.9. The van der Waals surface area contributed by atoms with E-state index in [9.17, 15) is 14.4 Å². The third-order valence-corrected chi connectivity index (χ3v) is 13.1. The Morgan fingerprint density at radius 3 is 0.635 bits per heavy atom. The molecule has 0 amide bonds. The molecule has 0 aromatic heterocycles. The van der Waals surface area contributed by atoms with E-state index in [0.717, 1.165) is 64.2 Å². The van der Waals surface area contributed by atoms with Crippen LogP contribution in [0, 0.1) is 0 Å². The lowest BCUT2D eigenvalue weighted by molar-refractivity contribution is -0.167. The second-order valence-electron chi connectivity index (χ2n) is 19.6. The first-order chi connectivity index (χ1) is 31.0. The molecule has 0 bridgehead atoms. The summed E-state index contributed by atoms with van der Waals surface area (Å²) in [4.78, 5) is 37.8. The number of hydrogen-bond donors (Lipinski definition) is 0. The number of esters is 3. The lowest BCUT2D eigenvalue weighted by Crippen LogP contribution is -2.30. The molecular weight excluding hydrogens is 781 g/mol. The Morgan fingerprint density at radius 2 is 0.429 bits per heavy atom. The molecule has 374 valence electrons. The Hall–Kier alpha value is -1.59. The predicted octanol–water partition coefficient (Wildman–Crippen LogP) is 18.8. The van der Waals surface area contributed by atoms with Gasteiger partial charge in [0.05, 0.1) is 0 Å². The van der Waals surface area contributed by atoms with Gasteiger partial charge in [-0.15, -0.1) is 0 Å². The van der Waals surface area contributed by atoms with Crippen molar-refractivity contribution in [1.29, 1.82) is 0 Å². The SMILES string of the molecule is CCCCCCCCCCCCCCCCCCCCCCCCC(=O)OCC(COC(=O)CCCCCCC)OC(=O)CCCCCCCCCCCCCCCCCCCC. The minimum Gasteiger partial charge on any atom is -0.462 e. The molecule has 0 aliphatic heterocycles. The average Bonchev–Trinajstić information content (AvgIpc) is 3.28. The van der Waals surface area contributed by atoms with E-state index in [-0.39, 0.29) is 31.1 Å². The third kappa shape index (κ3) is 51.3. The lowest BCUT2D eigenvalue weighted by Gasteiger charge is -2.18. The largest absolute Gasteiger partial charge is 0.462 e. The molecule has 1 unspecified atom stereocenters. The fourth-order valence-electron chi connectivity index (χ4n) is 8.80. The summed E-state index contributed by atoms with van der Waals surface area (Å²) in [6.45, 7) is 6.62. The smallest absolute Gasteiger partial charge is 0.306 e. The maximum absolute atomic E-state index is 12.8. The molecule has 6 nitrogen and oxygen atoms in total. The summed E-state index contributed by atoms with van der Waals surface area (Å²) in [5, 5.41) is 0. The monoisotopic (exact) mass is 891 g/mol. The number of carbonyl (C=O) groups is 3. The van der Waals surface area contributed by atoms with Gasteiger partial charge in [0.15, 0.2) is 6.10 Å². The van der Waals surface area contributed by atoms with E-state index in [4.69, 9.17) is 14.2 Å². The van der Waals surface area contributed by atoms with Crippen LogP contribution in [0.5, 0.6) is 0 Å². The fourth-order valence-corrected chi connectivity index (χ4v) is 8.80. The topological polar surface area (TPSA) is 78.9 Å². The van der Waals surface area contributed by atoms with Gasteiger partial charge < -0.3 is 14.2 Å². The van der Waals surface area contributed by atoms with Gasteiger partial charge >= 0.3 is 17.9 Å². The fraction of sp³-hybridized carbons (Fsp3) is 0.947. The quantitative estimate of drug-likeness (QED) is 0.0344. The zero-order valence-electron chi connectivity index (χ0n) is 42.9. The van der Waals surface area contributed by atoms with Crippen LogP contribution in [0.15, 0.2) is 0 Å². The highest BCUT2D eigenvalue weighted by atomic mass is 16.6. The van der Waals surface area contributed by atoms with Crippen LogP contribution in [-0.4, -0.2) is 37.2 Å². The third-order valence-electron chi connectivity index (χ3n) is 13.1. The van der Waals surface area contributed by atoms with Crippen molar-refractivity contribution < 1.29 is 28.6 Å². The van der Waals surface area contributed by atoms with E-state index in [1.807, 2.05) is 0 Å². The minimum absolute atomic E-state index is 0.0627. The van der Waals surface area contributed by atoms with Gasteiger partial charge in [-0.05, 0) is 19.3 Å². The Kier molecular flexibility index (Phi) is 51.7. The van der Waals surface area contributed by atoms with E-state index in [1.165, 1.54) is 225 Å². The van der Waals surface area contributed by atoms with Crippen molar-refractivity contribution in [3.63, 3.8) is 0 Å². The summed E-state index contributed by atoms with van der Waals surface area (Å²) >= 11 is 0. The molecule has 0 saturated heterocycles. The Bertz CT molecular complexity index is 936. The van der Waals surface area contributed by atoms with Crippen LogP contribution >= 0.6 is 0 Å². The molecule has 0 heterocycles. The Morgan fingerprint density at radius 1 is 0.254 bits per heavy atom. The summed E-state index contributed by atoms with van der Waals surface area (Å²) < 4.78 is 16.7. The summed E-state index contributed by atoms with van der Waals surface area (Å²) in [5.74, 6) is -0.852. The van der Waals surface area contributed by atoms with E-state index in [2.05, 4.69) is 20.8 Å². The van der Waals surface area contributed by atoms with Gasteiger partial charge in [-0.25, -0.2) is 0 Å². The highest BCUT2D eigenvalue weighted by Gasteiger charge is 2.19. The number of unbranched alkanes of at least 4 members (excludes halogenated alkanes) is 42. The molecule has 0 spiro atoms. The summed E-state index contributed by atoms with van der Waals surface area (Å²) in [6, 6.07) is 0. The molecule has 0 fully saturated rings. The van der Waals surface area contributed by atoms with Crippen molar-refractivity contribution in [1.82, 2.24) is 0 Å². The first-order valence-electron chi connectivity index (χ1n) is 28.5. The van der Waals surface area contributed by atoms with Gasteiger partial charge in [0, 0.05) is 19.3 Å². The molecular formula is C57H110O6.